The van der Waals surface area contributed by atoms with Crippen LogP contribution in [0.5, 0.6) is 0 Å². The summed E-state index contributed by atoms with van der Waals surface area (Å²) in [5.74, 6) is 2.19. The van der Waals surface area contributed by atoms with Crippen molar-refractivity contribution in [3.63, 3.8) is 0 Å². The van der Waals surface area contributed by atoms with E-state index in [4.69, 9.17) is 4.74 Å². The summed E-state index contributed by atoms with van der Waals surface area (Å²) in [6.07, 6.45) is 11.8. The van der Waals surface area contributed by atoms with Crippen molar-refractivity contribution in [2.24, 2.45) is 34.0 Å². The third kappa shape index (κ3) is 2.13. The van der Waals surface area contributed by atoms with E-state index in [1.807, 2.05) is 0 Å². The SMILES string of the molecule is COC[C@@]1(O)C[C@@]23CC[C@@H]4C(C)(C)CCC[C@@]4(C)[C@@H]2CC[C@H]1C3. The van der Waals surface area contributed by atoms with Crippen LogP contribution in [0.4, 0.5) is 0 Å². The topological polar surface area (TPSA) is 29.5 Å². The first-order valence-electron chi connectivity index (χ1n) is 9.97. The summed E-state index contributed by atoms with van der Waals surface area (Å²) in [6.45, 7) is 8.21. The Bertz CT molecular complexity index is 486. The summed E-state index contributed by atoms with van der Waals surface area (Å²) in [5.41, 5.74) is 0.877. The lowest BCUT2D eigenvalue weighted by atomic mass is 9.41. The minimum atomic E-state index is -0.545. The van der Waals surface area contributed by atoms with Crippen molar-refractivity contribution in [2.45, 2.75) is 84.2 Å². The van der Waals surface area contributed by atoms with Crippen LogP contribution in [-0.2, 0) is 4.74 Å². The van der Waals surface area contributed by atoms with Crippen molar-refractivity contribution in [2.75, 3.05) is 13.7 Å². The van der Waals surface area contributed by atoms with Crippen LogP contribution < -0.4 is 0 Å². The number of fused-ring (bicyclic) bond motifs is 3. The summed E-state index contributed by atoms with van der Waals surface area (Å²) >= 11 is 0. The zero-order chi connectivity index (χ0) is 16.5. The van der Waals surface area contributed by atoms with E-state index < -0.39 is 5.60 Å². The molecule has 0 heterocycles. The highest BCUT2D eigenvalue weighted by molar-refractivity contribution is 5.16. The van der Waals surface area contributed by atoms with Gasteiger partial charge in [-0.25, -0.2) is 0 Å². The molecule has 0 unspecified atom stereocenters. The Morgan fingerprint density at radius 1 is 1.00 bits per heavy atom. The first-order chi connectivity index (χ1) is 10.8. The molecule has 132 valence electrons. The van der Waals surface area contributed by atoms with E-state index in [0.717, 1.165) is 18.3 Å². The lowest BCUT2D eigenvalue weighted by molar-refractivity contribution is -0.145. The monoisotopic (exact) mass is 320 g/mol. The Kier molecular flexibility index (Phi) is 3.54. The molecule has 0 radical (unpaired) electrons. The van der Waals surface area contributed by atoms with Crippen LogP contribution in [0.2, 0.25) is 0 Å². The van der Waals surface area contributed by atoms with E-state index in [1.165, 1.54) is 51.4 Å². The lowest BCUT2D eigenvalue weighted by Gasteiger charge is -2.64. The second-order valence-electron chi connectivity index (χ2n) is 10.5. The zero-order valence-corrected chi connectivity index (χ0v) is 15.7. The van der Waals surface area contributed by atoms with E-state index >= 15 is 0 Å². The van der Waals surface area contributed by atoms with Gasteiger partial charge in [0.2, 0.25) is 0 Å². The molecule has 0 saturated heterocycles. The van der Waals surface area contributed by atoms with Crippen molar-refractivity contribution in [1.29, 1.82) is 0 Å². The Morgan fingerprint density at radius 3 is 2.52 bits per heavy atom. The molecule has 0 amide bonds. The quantitative estimate of drug-likeness (QED) is 0.792. The summed E-state index contributed by atoms with van der Waals surface area (Å²) in [7, 11) is 1.75. The number of hydrogen-bond donors (Lipinski definition) is 1. The van der Waals surface area contributed by atoms with E-state index in [1.54, 1.807) is 7.11 Å². The fraction of sp³-hybridized carbons (Fsp3) is 1.00. The van der Waals surface area contributed by atoms with Crippen LogP contribution in [0.3, 0.4) is 0 Å². The van der Waals surface area contributed by atoms with Crippen LogP contribution in [0, 0.1) is 34.0 Å². The van der Waals surface area contributed by atoms with Crippen molar-refractivity contribution < 1.29 is 9.84 Å². The number of ether oxygens (including phenoxy) is 1. The predicted molar refractivity (Wildman–Crippen MR) is 93.2 cm³/mol. The number of hydrogen-bond acceptors (Lipinski definition) is 2. The van der Waals surface area contributed by atoms with Gasteiger partial charge in [-0.2, -0.15) is 0 Å². The third-order valence-electron chi connectivity index (χ3n) is 9.01. The fourth-order valence-corrected chi connectivity index (χ4v) is 8.37. The van der Waals surface area contributed by atoms with Gasteiger partial charge in [-0.3, -0.25) is 0 Å². The maximum Gasteiger partial charge on any atom is 0.0913 e. The second-order valence-corrected chi connectivity index (χ2v) is 10.5. The van der Waals surface area contributed by atoms with Gasteiger partial charge in [-0.05, 0) is 85.4 Å². The fourth-order valence-electron chi connectivity index (χ4n) is 8.37. The van der Waals surface area contributed by atoms with Gasteiger partial charge >= 0.3 is 0 Å². The van der Waals surface area contributed by atoms with Gasteiger partial charge in [-0.1, -0.05) is 27.2 Å². The average molecular weight is 321 g/mol. The van der Waals surface area contributed by atoms with Crippen molar-refractivity contribution in [1.82, 2.24) is 0 Å². The standard InChI is InChI=1S/C21H36O2/c1-18(2)9-5-10-19(3)16(18)8-11-20-12-15(6-7-17(19)20)21(22,13-20)14-23-4/h15-17,22H,5-14H2,1-4H3/t15-,16+,17-,19+,20-,21-/m0/s1. The van der Waals surface area contributed by atoms with Gasteiger partial charge in [0, 0.05) is 7.11 Å². The van der Waals surface area contributed by atoms with Gasteiger partial charge < -0.3 is 9.84 Å². The van der Waals surface area contributed by atoms with Crippen LogP contribution in [0.15, 0.2) is 0 Å². The van der Waals surface area contributed by atoms with Crippen LogP contribution >= 0.6 is 0 Å². The Morgan fingerprint density at radius 2 is 1.78 bits per heavy atom. The molecule has 4 fully saturated rings. The number of rotatable bonds is 2. The van der Waals surface area contributed by atoms with Gasteiger partial charge in [0.1, 0.15) is 0 Å². The molecular weight excluding hydrogens is 284 g/mol. The smallest absolute Gasteiger partial charge is 0.0913 e. The average Bonchev–Trinajstić information content (AvgIpc) is 2.64. The molecule has 4 aliphatic carbocycles. The van der Waals surface area contributed by atoms with Crippen LogP contribution in [0.25, 0.3) is 0 Å². The van der Waals surface area contributed by atoms with Gasteiger partial charge in [-0.15, -0.1) is 0 Å². The summed E-state index contributed by atoms with van der Waals surface area (Å²) < 4.78 is 5.43. The van der Waals surface area contributed by atoms with Gasteiger partial charge in [0.05, 0.1) is 12.2 Å². The van der Waals surface area contributed by atoms with Crippen molar-refractivity contribution in [3.05, 3.63) is 0 Å². The molecular formula is C21H36O2. The minimum absolute atomic E-state index is 0.412. The number of methoxy groups -OCH3 is 1. The Balaban J connectivity index is 1.69. The maximum atomic E-state index is 11.3. The minimum Gasteiger partial charge on any atom is -0.387 e. The number of aliphatic hydroxyl groups is 1. The van der Waals surface area contributed by atoms with Crippen molar-refractivity contribution >= 4 is 0 Å². The first kappa shape index (κ1) is 16.4. The maximum absolute atomic E-state index is 11.3. The molecule has 2 heteroatoms. The highest BCUT2D eigenvalue weighted by Gasteiger charge is 2.66. The molecule has 4 rings (SSSR count). The van der Waals surface area contributed by atoms with E-state index in [-0.39, 0.29) is 0 Å². The van der Waals surface area contributed by atoms with Crippen LogP contribution in [0.1, 0.15) is 78.6 Å². The molecule has 2 nitrogen and oxygen atoms in total. The van der Waals surface area contributed by atoms with E-state index in [0.29, 0.717) is 28.8 Å². The van der Waals surface area contributed by atoms with Crippen LogP contribution in [-0.4, -0.2) is 24.4 Å². The van der Waals surface area contributed by atoms with E-state index in [9.17, 15) is 5.11 Å². The van der Waals surface area contributed by atoms with Gasteiger partial charge in [0.15, 0.2) is 0 Å². The molecule has 0 aromatic heterocycles. The second kappa shape index (κ2) is 4.97. The molecule has 2 bridgehead atoms. The summed E-state index contributed by atoms with van der Waals surface area (Å²) in [5, 5.41) is 11.3. The zero-order valence-electron chi connectivity index (χ0n) is 15.7. The highest BCUT2D eigenvalue weighted by Crippen LogP contribution is 2.72. The molecule has 0 aromatic rings. The lowest BCUT2D eigenvalue weighted by Crippen LogP contribution is -2.55. The van der Waals surface area contributed by atoms with Gasteiger partial charge in [0.25, 0.3) is 0 Å². The molecule has 4 saturated carbocycles. The molecule has 23 heavy (non-hydrogen) atoms. The molecule has 1 spiro atoms. The molecule has 1 N–H and O–H groups in total. The normalized spacial score (nSPS) is 54.4. The predicted octanol–water partition coefficient (Wildman–Crippen LogP) is 4.80. The Labute approximate surface area is 142 Å². The first-order valence-corrected chi connectivity index (χ1v) is 9.97. The molecule has 6 atom stereocenters. The highest BCUT2D eigenvalue weighted by atomic mass is 16.5. The molecule has 4 aliphatic rings. The molecule has 0 aliphatic heterocycles. The summed E-state index contributed by atoms with van der Waals surface area (Å²) in [4.78, 5) is 0. The van der Waals surface area contributed by atoms with Crippen molar-refractivity contribution in [3.8, 4) is 0 Å². The Hall–Kier alpha value is -0.0800. The molecule has 0 aromatic carbocycles. The largest absolute Gasteiger partial charge is 0.387 e. The third-order valence-corrected chi connectivity index (χ3v) is 9.01. The van der Waals surface area contributed by atoms with E-state index in [2.05, 4.69) is 20.8 Å². The summed E-state index contributed by atoms with van der Waals surface area (Å²) in [6, 6.07) is 0.